The van der Waals surface area contributed by atoms with Crippen LogP contribution in [0.1, 0.15) is 0 Å². The van der Waals surface area contributed by atoms with Gasteiger partial charge in [0.2, 0.25) is 5.13 Å². The molecular weight excluding hydrogens is 184 g/mol. The van der Waals surface area contributed by atoms with E-state index < -0.39 is 0 Å². The molecule has 0 aliphatic rings. The van der Waals surface area contributed by atoms with Gasteiger partial charge in [-0.15, -0.1) is 0 Å². The van der Waals surface area contributed by atoms with Crippen molar-refractivity contribution in [2.24, 2.45) is 4.99 Å². The van der Waals surface area contributed by atoms with Crippen LogP contribution in [0, 0.1) is 0 Å². The summed E-state index contributed by atoms with van der Waals surface area (Å²) in [5, 5.41) is 0.582. The van der Waals surface area contributed by atoms with Crippen molar-refractivity contribution in [3.63, 3.8) is 0 Å². The van der Waals surface area contributed by atoms with Crippen molar-refractivity contribution >= 4 is 23.4 Å². The van der Waals surface area contributed by atoms with Gasteiger partial charge in [0.05, 0.1) is 0 Å². The van der Waals surface area contributed by atoms with Crippen molar-refractivity contribution in [3.8, 4) is 11.4 Å². The molecule has 2 aromatic rings. The number of rotatable bonds is 2. The SMILES string of the molecule is C=Nc1nc(-c2cccnc2)ns1. The van der Waals surface area contributed by atoms with Gasteiger partial charge in [0.25, 0.3) is 0 Å². The summed E-state index contributed by atoms with van der Waals surface area (Å²) < 4.78 is 4.11. The Balaban J connectivity index is 2.41. The molecule has 0 bridgehead atoms. The Kier molecular flexibility index (Phi) is 2.09. The maximum atomic E-state index is 4.14. The summed E-state index contributed by atoms with van der Waals surface area (Å²) in [5.41, 5.74) is 0.897. The average Bonchev–Trinajstić information content (AvgIpc) is 2.67. The van der Waals surface area contributed by atoms with Gasteiger partial charge in [0.15, 0.2) is 5.82 Å². The summed E-state index contributed by atoms with van der Waals surface area (Å²) in [6, 6.07) is 3.75. The van der Waals surface area contributed by atoms with Gasteiger partial charge in [-0.25, -0.2) is 4.99 Å². The predicted molar refractivity (Wildman–Crippen MR) is 52.3 cm³/mol. The monoisotopic (exact) mass is 190 g/mol. The van der Waals surface area contributed by atoms with Gasteiger partial charge in [-0.3, -0.25) is 4.98 Å². The first-order chi connectivity index (χ1) is 6.40. The molecule has 0 saturated heterocycles. The van der Waals surface area contributed by atoms with Crippen LogP contribution in [0.15, 0.2) is 29.5 Å². The second-order valence-electron chi connectivity index (χ2n) is 2.30. The quantitative estimate of drug-likeness (QED) is 0.680. The summed E-state index contributed by atoms with van der Waals surface area (Å²) >= 11 is 1.23. The molecule has 0 amide bonds. The number of pyridine rings is 1. The molecule has 0 radical (unpaired) electrons. The fraction of sp³-hybridized carbons (Fsp3) is 0. The van der Waals surface area contributed by atoms with E-state index in [1.807, 2.05) is 12.1 Å². The van der Waals surface area contributed by atoms with Gasteiger partial charge in [-0.1, -0.05) is 0 Å². The Morgan fingerprint density at radius 3 is 3.00 bits per heavy atom. The van der Waals surface area contributed by atoms with Crippen molar-refractivity contribution in [2.75, 3.05) is 0 Å². The van der Waals surface area contributed by atoms with Gasteiger partial charge < -0.3 is 0 Å². The zero-order valence-corrected chi connectivity index (χ0v) is 7.53. The molecule has 2 rings (SSSR count). The molecule has 0 N–H and O–H groups in total. The number of aromatic nitrogens is 3. The average molecular weight is 190 g/mol. The van der Waals surface area contributed by atoms with E-state index in [4.69, 9.17) is 0 Å². The molecule has 5 heteroatoms. The Labute approximate surface area is 79.2 Å². The first-order valence-electron chi connectivity index (χ1n) is 3.61. The molecule has 0 aliphatic heterocycles. The number of hydrogen-bond donors (Lipinski definition) is 0. The molecule has 0 aromatic carbocycles. The van der Waals surface area contributed by atoms with E-state index in [0.717, 1.165) is 5.56 Å². The fourth-order valence-corrected chi connectivity index (χ4v) is 1.39. The molecule has 0 fully saturated rings. The highest BCUT2D eigenvalue weighted by molar-refractivity contribution is 7.09. The van der Waals surface area contributed by atoms with E-state index >= 15 is 0 Å². The summed E-state index contributed by atoms with van der Waals surface area (Å²) in [5.74, 6) is 0.653. The van der Waals surface area contributed by atoms with Crippen molar-refractivity contribution in [1.82, 2.24) is 14.3 Å². The third kappa shape index (κ3) is 1.59. The van der Waals surface area contributed by atoms with E-state index in [2.05, 4.69) is 26.1 Å². The van der Waals surface area contributed by atoms with Crippen molar-refractivity contribution in [1.29, 1.82) is 0 Å². The van der Waals surface area contributed by atoms with Crippen LogP contribution < -0.4 is 0 Å². The lowest BCUT2D eigenvalue weighted by Crippen LogP contribution is -1.79. The Bertz CT molecular complexity index is 409. The normalized spacial score (nSPS) is 9.85. The zero-order valence-electron chi connectivity index (χ0n) is 6.71. The highest BCUT2D eigenvalue weighted by Crippen LogP contribution is 2.21. The zero-order chi connectivity index (χ0) is 9.10. The highest BCUT2D eigenvalue weighted by atomic mass is 32.1. The van der Waals surface area contributed by atoms with Crippen LogP contribution >= 0.6 is 11.5 Å². The standard InChI is InChI=1S/C8H6N4S/c1-9-8-11-7(12-13-8)6-3-2-4-10-5-6/h2-5H,1H2. The topological polar surface area (TPSA) is 51.0 Å². The molecule has 0 aliphatic carbocycles. The van der Waals surface area contributed by atoms with Crippen LogP contribution in [0.2, 0.25) is 0 Å². The molecule has 13 heavy (non-hydrogen) atoms. The summed E-state index contributed by atoms with van der Waals surface area (Å²) in [4.78, 5) is 11.8. The van der Waals surface area contributed by atoms with E-state index in [9.17, 15) is 0 Å². The van der Waals surface area contributed by atoms with Gasteiger partial charge in [-0.05, 0) is 18.9 Å². The Morgan fingerprint density at radius 2 is 2.38 bits per heavy atom. The molecule has 64 valence electrons. The van der Waals surface area contributed by atoms with Crippen molar-refractivity contribution in [2.45, 2.75) is 0 Å². The lowest BCUT2D eigenvalue weighted by atomic mass is 10.3. The van der Waals surface area contributed by atoms with Crippen LogP contribution in [-0.4, -0.2) is 21.1 Å². The van der Waals surface area contributed by atoms with E-state index in [1.165, 1.54) is 11.5 Å². The molecule has 0 saturated carbocycles. The second kappa shape index (κ2) is 3.40. The minimum atomic E-state index is 0.582. The molecular formula is C8H6N4S. The first kappa shape index (κ1) is 8.00. The Morgan fingerprint density at radius 1 is 1.46 bits per heavy atom. The lowest BCUT2D eigenvalue weighted by Gasteiger charge is -1.90. The van der Waals surface area contributed by atoms with Gasteiger partial charge >= 0.3 is 0 Å². The molecule has 0 unspecified atom stereocenters. The molecule has 2 aromatic heterocycles. The molecule has 4 nitrogen and oxygen atoms in total. The third-order valence-corrected chi connectivity index (χ3v) is 2.12. The van der Waals surface area contributed by atoms with Crippen LogP contribution in [0.3, 0.4) is 0 Å². The first-order valence-corrected chi connectivity index (χ1v) is 4.38. The lowest BCUT2D eigenvalue weighted by molar-refractivity contribution is 1.26. The van der Waals surface area contributed by atoms with Crippen LogP contribution in [-0.2, 0) is 0 Å². The predicted octanol–water partition coefficient (Wildman–Crippen LogP) is 1.93. The van der Waals surface area contributed by atoms with Crippen LogP contribution in [0.5, 0.6) is 0 Å². The largest absolute Gasteiger partial charge is 0.264 e. The smallest absolute Gasteiger partial charge is 0.228 e. The Hall–Kier alpha value is -1.62. The fourth-order valence-electron chi connectivity index (χ4n) is 0.892. The highest BCUT2D eigenvalue weighted by Gasteiger charge is 2.03. The van der Waals surface area contributed by atoms with Crippen molar-refractivity contribution < 1.29 is 0 Å². The van der Waals surface area contributed by atoms with E-state index in [0.29, 0.717) is 11.0 Å². The minimum Gasteiger partial charge on any atom is -0.264 e. The van der Waals surface area contributed by atoms with Gasteiger partial charge in [0.1, 0.15) is 0 Å². The number of hydrogen-bond acceptors (Lipinski definition) is 5. The number of nitrogens with zero attached hydrogens (tertiary/aromatic N) is 4. The summed E-state index contributed by atoms with van der Waals surface area (Å²) in [7, 11) is 0. The van der Waals surface area contributed by atoms with E-state index in [1.54, 1.807) is 12.4 Å². The number of aliphatic imine (C=N–C) groups is 1. The van der Waals surface area contributed by atoms with Crippen LogP contribution in [0.25, 0.3) is 11.4 Å². The second-order valence-corrected chi connectivity index (χ2v) is 3.03. The maximum Gasteiger partial charge on any atom is 0.228 e. The summed E-state index contributed by atoms with van der Waals surface area (Å²) in [6.45, 7) is 3.38. The van der Waals surface area contributed by atoms with Gasteiger partial charge in [-0.2, -0.15) is 9.36 Å². The van der Waals surface area contributed by atoms with E-state index in [-0.39, 0.29) is 0 Å². The molecule has 0 spiro atoms. The maximum absolute atomic E-state index is 4.14. The summed E-state index contributed by atoms with van der Waals surface area (Å²) in [6.07, 6.45) is 3.43. The third-order valence-electron chi connectivity index (χ3n) is 1.47. The van der Waals surface area contributed by atoms with Crippen LogP contribution in [0.4, 0.5) is 5.13 Å². The molecule has 0 atom stereocenters. The molecule has 2 heterocycles. The van der Waals surface area contributed by atoms with Crippen molar-refractivity contribution in [3.05, 3.63) is 24.5 Å². The van der Waals surface area contributed by atoms with Gasteiger partial charge in [0, 0.05) is 29.5 Å². The minimum absolute atomic E-state index is 0.582.